The molecule has 0 saturated carbocycles. The van der Waals surface area contributed by atoms with Gasteiger partial charge in [-0.25, -0.2) is 9.97 Å². The third kappa shape index (κ3) is 6.00. The van der Waals surface area contributed by atoms with E-state index in [1.807, 2.05) is 30.3 Å². The Morgan fingerprint density at radius 2 is 1.92 bits per heavy atom. The van der Waals surface area contributed by atoms with Gasteiger partial charge in [0.25, 0.3) is 5.89 Å². The molecule has 4 heterocycles. The van der Waals surface area contributed by atoms with Gasteiger partial charge in [-0.3, -0.25) is 0 Å². The molecule has 3 aromatic heterocycles. The normalized spacial score (nSPS) is 15.2. The van der Waals surface area contributed by atoms with Crippen LogP contribution in [0.25, 0.3) is 11.5 Å². The number of rotatable bonds is 9. The number of aliphatic hydroxyl groups excluding tert-OH is 1. The fourth-order valence-electron chi connectivity index (χ4n) is 4.09. The second-order valence-corrected chi connectivity index (χ2v) is 9.14. The minimum atomic E-state index is -4.49. The fraction of sp³-hybridized carbons (Fsp3) is 0.292. The van der Waals surface area contributed by atoms with Crippen LogP contribution in [-0.2, 0) is 14.9 Å². The van der Waals surface area contributed by atoms with Gasteiger partial charge in [-0.2, -0.15) is 18.2 Å². The lowest BCUT2D eigenvalue weighted by molar-refractivity contribution is -0.157. The van der Waals surface area contributed by atoms with Crippen LogP contribution in [0.4, 0.5) is 30.8 Å². The monoisotopic (exact) mass is 541 g/mol. The lowest BCUT2D eigenvalue weighted by Gasteiger charge is -2.20. The maximum absolute atomic E-state index is 12.7. The lowest BCUT2D eigenvalue weighted by atomic mass is 9.80. The van der Waals surface area contributed by atoms with Crippen molar-refractivity contribution in [3.05, 3.63) is 66.3 Å². The molecule has 0 amide bonds. The van der Waals surface area contributed by atoms with E-state index in [-0.39, 0.29) is 18.4 Å². The van der Waals surface area contributed by atoms with Crippen molar-refractivity contribution in [1.29, 1.82) is 0 Å². The first-order valence-corrected chi connectivity index (χ1v) is 11.8. The van der Waals surface area contributed by atoms with Crippen molar-refractivity contribution in [3.63, 3.8) is 0 Å². The highest BCUT2D eigenvalue weighted by molar-refractivity contribution is 6.63. The van der Waals surface area contributed by atoms with E-state index in [2.05, 4.69) is 35.8 Å². The molecule has 4 aromatic rings. The molecule has 1 atom stereocenters. The Kier molecular flexibility index (Phi) is 7.20. The average molecular weight is 541 g/mol. The van der Waals surface area contributed by atoms with Gasteiger partial charge in [0, 0.05) is 11.7 Å². The molecule has 0 radical (unpaired) electrons. The van der Waals surface area contributed by atoms with Gasteiger partial charge in [-0.1, -0.05) is 36.4 Å². The molecule has 5 rings (SSSR count). The number of hydrogen-bond donors (Lipinski definition) is 3. The standard InChI is InChI=1S/C24H23BF3N7O4/c1-23(2)19-16(25(39-23)38-12-24(26,27)28)8-9-18(32-19)33-22-29-10-15(21-35-30-13-37-21)20(34-22)31-17(11-36)14-6-4-3-5-7-14/h3-10,13,17,36H,11-12H2,1-2H3,(H2,29,31,32,33,34)/t17-/m1/s1. The summed E-state index contributed by atoms with van der Waals surface area (Å²) in [6.45, 7) is 1.71. The minimum absolute atomic E-state index is 0.152. The zero-order valence-electron chi connectivity index (χ0n) is 20.8. The van der Waals surface area contributed by atoms with E-state index < -0.39 is 31.5 Å². The van der Waals surface area contributed by atoms with E-state index in [0.717, 1.165) is 5.56 Å². The summed E-state index contributed by atoms with van der Waals surface area (Å²) in [7, 11) is -1.20. The molecule has 11 nitrogen and oxygen atoms in total. The van der Waals surface area contributed by atoms with E-state index in [1.165, 1.54) is 12.6 Å². The van der Waals surface area contributed by atoms with Crippen molar-refractivity contribution in [3.8, 4) is 11.5 Å². The molecule has 0 bridgehead atoms. The first-order chi connectivity index (χ1) is 18.6. The third-order valence-electron chi connectivity index (χ3n) is 5.87. The van der Waals surface area contributed by atoms with E-state index >= 15 is 0 Å². The SMILES string of the molecule is CC1(C)OB(OCC(F)(F)F)c2ccc(Nc3ncc(-c4nnco4)c(N[C@H](CO)c4ccccc4)n3)nc21. The molecule has 3 N–H and O–H groups in total. The van der Waals surface area contributed by atoms with Gasteiger partial charge in [0.15, 0.2) is 0 Å². The summed E-state index contributed by atoms with van der Waals surface area (Å²) >= 11 is 0. The number of nitrogens with zero attached hydrogens (tertiary/aromatic N) is 5. The van der Waals surface area contributed by atoms with Crippen LogP contribution >= 0.6 is 0 Å². The summed E-state index contributed by atoms with van der Waals surface area (Å²) in [6, 6.07) is 12.0. The van der Waals surface area contributed by atoms with Gasteiger partial charge in [0.1, 0.15) is 18.2 Å². The number of anilines is 3. The Morgan fingerprint density at radius 3 is 2.62 bits per heavy atom. The zero-order chi connectivity index (χ0) is 27.6. The topological polar surface area (TPSA) is 140 Å². The fourth-order valence-corrected chi connectivity index (χ4v) is 4.09. The Morgan fingerprint density at radius 1 is 1.13 bits per heavy atom. The third-order valence-corrected chi connectivity index (χ3v) is 5.87. The minimum Gasteiger partial charge on any atom is -0.423 e. The van der Waals surface area contributed by atoms with Crippen LogP contribution in [0.3, 0.4) is 0 Å². The van der Waals surface area contributed by atoms with Gasteiger partial charge < -0.3 is 29.5 Å². The van der Waals surface area contributed by atoms with Crippen molar-refractivity contribution in [2.75, 3.05) is 23.8 Å². The molecule has 1 aromatic carbocycles. The van der Waals surface area contributed by atoms with Crippen LogP contribution in [0.1, 0.15) is 31.1 Å². The van der Waals surface area contributed by atoms with Gasteiger partial charge in [-0.05, 0) is 25.5 Å². The quantitative estimate of drug-likeness (QED) is 0.269. The second kappa shape index (κ2) is 10.6. The number of fused-ring (bicyclic) bond motifs is 1. The van der Waals surface area contributed by atoms with Crippen molar-refractivity contribution < 1.29 is 32.0 Å². The molecule has 0 unspecified atom stereocenters. The molecule has 15 heteroatoms. The Bertz CT molecular complexity index is 1430. The van der Waals surface area contributed by atoms with Gasteiger partial charge >= 0.3 is 13.3 Å². The maximum Gasteiger partial charge on any atom is 0.496 e. The Balaban J connectivity index is 1.42. The molecule has 0 spiro atoms. The zero-order valence-corrected chi connectivity index (χ0v) is 20.8. The number of aliphatic hydroxyl groups is 1. The number of alkyl halides is 3. The Hall–Kier alpha value is -4.08. The maximum atomic E-state index is 12.7. The van der Waals surface area contributed by atoms with Crippen LogP contribution in [-0.4, -0.2) is 56.8 Å². The van der Waals surface area contributed by atoms with Gasteiger partial charge in [-0.15, -0.1) is 10.2 Å². The molecular weight excluding hydrogens is 518 g/mol. The molecule has 39 heavy (non-hydrogen) atoms. The summed E-state index contributed by atoms with van der Waals surface area (Å²) in [6.07, 6.45) is -1.83. The summed E-state index contributed by atoms with van der Waals surface area (Å²) in [5.74, 6) is 0.970. The molecule has 1 aliphatic heterocycles. The molecule has 0 fully saturated rings. The van der Waals surface area contributed by atoms with E-state index in [4.69, 9.17) is 13.7 Å². The predicted molar refractivity (Wildman–Crippen MR) is 134 cm³/mol. The van der Waals surface area contributed by atoms with Crippen LogP contribution in [0.2, 0.25) is 0 Å². The summed E-state index contributed by atoms with van der Waals surface area (Å²) in [4.78, 5) is 13.4. The van der Waals surface area contributed by atoms with Crippen LogP contribution in [0.5, 0.6) is 0 Å². The number of hydrogen-bond acceptors (Lipinski definition) is 11. The molecule has 1 aliphatic rings. The highest BCUT2D eigenvalue weighted by Gasteiger charge is 2.45. The molecule has 0 saturated heterocycles. The predicted octanol–water partition coefficient (Wildman–Crippen LogP) is 3.35. The number of aromatic nitrogens is 5. The average Bonchev–Trinajstić information content (AvgIpc) is 3.53. The first-order valence-electron chi connectivity index (χ1n) is 11.8. The van der Waals surface area contributed by atoms with Crippen molar-refractivity contribution in [2.24, 2.45) is 0 Å². The van der Waals surface area contributed by atoms with Crippen LogP contribution in [0.15, 0.2) is 59.5 Å². The summed E-state index contributed by atoms with van der Waals surface area (Å²) in [5.41, 5.74) is 1.06. The molecule has 0 aliphatic carbocycles. The lowest BCUT2D eigenvalue weighted by Crippen LogP contribution is -2.36. The Labute approximate surface area is 221 Å². The number of benzene rings is 1. The largest absolute Gasteiger partial charge is 0.496 e. The van der Waals surface area contributed by atoms with Crippen molar-refractivity contribution in [1.82, 2.24) is 25.1 Å². The number of nitrogens with one attached hydrogen (secondary N) is 2. The highest BCUT2D eigenvalue weighted by atomic mass is 19.4. The molecular formula is C24H23BF3N7O4. The van der Waals surface area contributed by atoms with E-state index in [1.54, 1.807) is 26.0 Å². The number of halogens is 3. The number of pyridine rings is 1. The summed E-state index contributed by atoms with van der Waals surface area (Å²) < 4.78 is 54.0. The van der Waals surface area contributed by atoms with Gasteiger partial charge in [0.2, 0.25) is 12.3 Å². The smallest absolute Gasteiger partial charge is 0.423 e. The van der Waals surface area contributed by atoms with E-state index in [9.17, 15) is 18.3 Å². The first kappa shape index (κ1) is 26.5. The van der Waals surface area contributed by atoms with Crippen molar-refractivity contribution in [2.45, 2.75) is 31.7 Å². The summed E-state index contributed by atoms with van der Waals surface area (Å²) in [5, 5.41) is 23.9. The van der Waals surface area contributed by atoms with Gasteiger partial charge in [0.05, 0.1) is 29.5 Å². The molecule has 202 valence electrons. The second-order valence-electron chi connectivity index (χ2n) is 9.14. The van der Waals surface area contributed by atoms with Crippen LogP contribution in [0, 0.1) is 0 Å². The highest BCUT2D eigenvalue weighted by Crippen LogP contribution is 2.32. The van der Waals surface area contributed by atoms with E-state index in [0.29, 0.717) is 28.4 Å². The van der Waals surface area contributed by atoms with Crippen LogP contribution < -0.4 is 16.1 Å². The van der Waals surface area contributed by atoms with Crippen molar-refractivity contribution >= 4 is 30.2 Å².